The van der Waals surface area contributed by atoms with Crippen molar-refractivity contribution in [2.75, 3.05) is 25.0 Å². The van der Waals surface area contributed by atoms with Crippen molar-refractivity contribution in [2.45, 2.75) is 26.3 Å². The number of fused-ring (bicyclic) bond motifs is 1. The van der Waals surface area contributed by atoms with E-state index in [1.165, 1.54) is 0 Å². The molecule has 21 heavy (non-hydrogen) atoms. The van der Waals surface area contributed by atoms with Crippen molar-refractivity contribution in [3.8, 4) is 0 Å². The smallest absolute Gasteiger partial charge is 0.219 e. The summed E-state index contributed by atoms with van der Waals surface area (Å²) in [5.41, 5.74) is 0.846. The van der Waals surface area contributed by atoms with E-state index in [1.54, 1.807) is 13.3 Å². The first-order valence-corrected chi connectivity index (χ1v) is 7.34. The second kappa shape index (κ2) is 5.35. The number of aromatic amines is 1. The van der Waals surface area contributed by atoms with Gasteiger partial charge >= 0.3 is 0 Å². The van der Waals surface area contributed by atoms with Crippen LogP contribution in [-0.2, 0) is 4.79 Å². The van der Waals surface area contributed by atoms with Crippen molar-refractivity contribution >= 4 is 22.8 Å². The van der Waals surface area contributed by atoms with Crippen molar-refractivity contribution in [3.05, 3.63) is 18.6 Å². The van der Waals surface area contributed by atoms with Gasteiger partial charge in [-0.3, -0.25) is 4.79 Å². The molecule has 3 rings (SSSR count). The van der Waals surface area contributed by atoms with Gasteiger partial charge in [-0.15, -0.1) is 0 Å². The van der Waals surface area contributed by atoms with Gasteiger partial charge in [-0.1, -0.05) is 6.92 Å². The highest BCUT2D eigenvalue weighted by Gasteiger charge is 2.31. The summed E-state index contributed by atoms with van der Waals surface area (Å²) in [6.07, 6.45) is 4.49. The molecule has 112 valence electrons. The number of hydrogen-bond acceptors (Lipinski definition) is 4. The molecule has 1 N–H and O–H groups in total. The number of carbonyl (C=O) groups excluding carboxylic acids is 1. The van der Waals surface area contributed by atoms with Crippen LogP contribution in [0.1, 0.15) is 20.3 Å². The third-order valence-electron chi connectivity index (χ3n) is 4.53. The van der Waals surface area contributed by atoms with E-state index in [1.807, 2.05) is 17.2 Å². The summed E-state index contributed by atoms with van der Waals surface area (Å²) in [6, 6.07) is 2.27. The van der Waals surface area contributed by atoms with Crippen LogP contribution in [0.5, 0.6) is 0 Å². The van der Waals surface area contributed by atoms with Gasteiger partial charge in [-0.05, 0) is 18.4 Å². The Balaban J connectivity index is 1.91. The highest BCUT2D eigenvalue weighted by atomic mass is 16.2. The SMILES string of the molecule is CC(=O)N1CC[C@H](C)[C@H](N(C)c2ncnc3[nH]ccc23)C1. The average Bonchev–Trinajstić information content (AvgIpc) is 2.95. The minimum atomic E-state index is 0.148. The quantitative estimate of drug-likeness (QED) is 0.912. The van der Waals surface area contributed by atoms with Gasteiger partial charge in [-0.2, -0.15) is 0 Å². The van der Waals surface area contributed by atoms with Crippen LogP contribution in [0.3, 0.4) is 0 Å². The molecule has 2 aromatic heterocycles. The Labute approximate surface area is 124 Å². The van der Waals surface area contributed by atoms with Crippen LogP contribution in [0.15, 0.2) is 18.6 Å². The first-order chi connectivity index (χ1) is 10.1. The number of likely N-dealkylation sites (tertiary alicyclic amines) is 1. The number of piperidine rings is 1. The monoisotopic (exact) mass is 287 g/mol. The molecule has 0 aliphatic carbocycles. The molecule has 6 heteroatoms. The van der Waals surface area contributed by atoms with Gasteiger partial charge in [-0.25, -0.2) is 9.97 Å². The van der Waals surface area contributed by atoms with Gasteiger partial charge in [0.1, 0.15) is 17.8 Å². The van der Waals surface area contributed by atoms with Crippen molar-refractivity contribution < 1.29 is 4.79 Å². The molecular formula is C15H21N5O. The van der Waals surface area contributed by atoms with Gasteiger partial charge in [0.15, 0.2) is 0 Å². The van der Waals surface area contributed by atoms with E-state index < -0.39 is 0 Å². The predicted octanol–water partition coefficient (Wildman–Crippen LogP) is 1.65. The zero-order valence-electron chi connectivity index (χ0n) is 12.7. The topological polar surface area (TPSA) is 65.1 Å². The number of nitrogens with one attached hydrogen (secondary N) is 1. The summed E-state index contributed by atoms with van der Waals surface area (Å²) in [4.78, 5) is 27.6. The molecule has 0 aromatic carbocycles. The van der Waals surface area contributed by atoms with Crippen molar-refractivity contribution in [1.29, 1.82) is 0 Å². The van der Waals surface area contributed by atoms with E-state index in [4.69, 9.17) is 0 Å². The Kier molecular flexibility index (Phi) is 3.53. The molecule has 0 radical (unpaired) electrons. The molecule has 1 fully saturated rings. The molecule has 1 saturated heterocycles. The molecule has 0 saturated carbocycles. The molecule has 0 spiro atoms. The Bertz CT molecular complexity index is 652. The number of nitrogens with zero attached hydrogens (tertiary/aromatic N) is 4. The highest BCUT2D eigenvalue weighted by Crippen LogP contribution is 2.28. The standard InChI is InChI=1S/C15H21N5O/c1-10-5-7-20(11(2)21)8-13(10)19(3)15-12-4-6-16-14(12)17-9-18-15/h4,6,9-10,13H,5,7-8H2,1-3H3,(H,16,17,18)/t10-,13+/m0/s1. The first kappa shape index (κ1) is 13.9. The van der Waals surface area contributed by atoms with Gasteiger partial charge in [0, 0.05) is 33.3 Å². The molecule has 2 atom stereocenters. The minimum absolute atomic E-state index is 0.148. The summed E-state index contributed by atoms with van der Waals surface area (Å²) in [7, 11) is 2.06. The van der Waals surface area contributed by atoms with E-state index in [0.717, 1.165) is 36.4 Å². The number of likely N-dealkylation sites (N-methyl/N-ethyl adjacent to an activating group) is 1. The van der Waals surface area contributed by atoms with Crippen molar-refractivity contribution in [1.82, 2.24) is 19.9 Å². The minimum Gasteiger partial charge on any atom is -0.354 e. The summed E-state index contributed by atoms with van der Waals surface area (Å²) in [5.74, 6) is 1.59. The fraction of sp³-hybridized carbons (Fsp3) is 0.533. The van der Waals surface area contributed by atoms with E-state index in [-0.39, 0.29) is 11.9 Å². The molecule has 1 aliphatic rings. The lowest BCUT2D eigenvalue weighted by Crippen LogP contribution is -2.52. The summed E-state index contributed by atoms with van der Waals surface area (Å²) in [5, 5.41) is 1.02. The Morgan fingerprint density at radius 2 is 2.29 bits per heavy atom. The largest absolute Gasteiger partial charge is 0.354 e. The van der Waals surface area contributed by atoms with Crippen molar-refractivity contribution in [3.63, 3.8) is 0 Å². The van der Waals surface area contributed by atoms with E-state index in [0.29, 0.717) is 5.92 Å². The fourth-order valence-corrected chi connectivity index (χ4v) is 3.14. The number of H-pyrrole nitrogens is 1. The van der Waals surface area contributed by atoms with E-state index >= 15 is 0 Å². The lowest BCUT2D eigenvalue weighted by atomic mass is 9.92. The second-order valence-corrected chi connectivity index (χ2v) is 5.85. The molecular weight excluding hydrogens is 266 g/mol. The van der Waals surface area contributed by atoms with Crippen LogP contribution in [0.4, 0.5) is 5.82 Å². The fourth-order valence-electron chi connectivity index (χ4n) is 3.14. The van der Waals surface area contributed by atoms with Crippen LogP contribution in [0.2, 0.25) is 0 Å². The molecule has 1 amide bonds. The maximum absolute atomic E-state index is 11.7. The number of aromatic nitrogens is 3. The molecule has 0 unspecified atom stereocenters. The zero-order chi connectivity index (χ0) is 15.0. The normalized spacial score (nSPS) is 22.5. The number of anilines is 1. The number of carbonyl (C=O) groups is 1. The maximum atomic E-state index is 11.7. The van der Waals surface area contributed by atoms with Gasteiger partial charge in [0.05, 0.1) is 11.4 Å². The average molecular weight is 287 g/mol. The van der Waals surface area contributed by atoms with Crippen LogP contribution in [-0.4, -0.2) is 51.9 Å². The number of rotatable bonds is 2. The van der Waals surface area contributed by atoms with Gasteiger partial charge in [0.25, 0.3) is 0 Å². The van der Waals surface area contributed by atoms with Crippen LogP contribution < -0.4 is 4.90 Å². The molecule has 6 nitrogen and oxygen atoms in total. The highest BCUT2D eigenvalue weighted by molar-refractivity contribution is 5.87. The van der Waals surface area contributed by atoms with Gasteiger partial charge < -0.3 is 14.8 Å². The Hall–Kier alpha value is -2.11. The molecule has 1 aliphatic heterocycles. The summed E-state index contributed by atoms with van der Waals surface area (Å²) >= 11 is 0. The third kappa shape index (κ3) is 2.46. The van der Waals surface area contributed by atoms with Crippen LogP contribution >= 0.6 is 0 Å². The summed E-state index contributed by atoms with van der Waals surface area (Å²) in [6.45, 7) is 5.49. The van der Waals surface area contributed by atoms with Crippen LogP contribution in [0, 0.1) is 5.92 Å². The Morgan fingerprint density at radius 1 is 1.48 bits per heavy atom. The van der Waals surface area contributed by atoms with Crippen LogP contribution in [0.25, 0.3) is 11.0 Å². The summed E-state index contributed by atoms with van der Waals surface area (Å²) < 4.78 is 0. The zero-order valence-corrected chi connectivity index (χ0v) is 12.7. The molecule has 0 bridgehead atoms. The first-order valence-electron chi connectivity index (χ1n) is 7.34. The maximum Gasteiger partial charge on any atom is 0.219 e. The lowest BCUT2D eigenvalue weighted by Gasteiger charge is -2.41. The predicted molar refractivity (Wildman–Crippen MR) is 82.1 cm³/mol. The second-order valence-electron chi connectivity index (χ2n) is 5.85. The molecule has 2 aromatic rings. The number of hydrogen-bond donors (Lipinski definition) is 1. The van der Waals surface area contributed by atoms with Gasteiger partial charge in [0.2, 0.25) is 5.91 Å². The molecule has 3 heterocycles. The third-order valence-corrected chi connectivity index (χ3v) is 4.53. The van der Waals surface area contributed by atoms with E-state index in [9.17, 15) is 4.79 Å². The van der Waals surface area contributed by atoms with E-state index in [2.05, 4.69) is 33.8 Å². The van der Waals surface area contributed by atoms with Crippen molar-refractivity contribution in [2.24, 2.45) is 5.92 Å². The lowest BCUT2D eigenvalue weighted by molar-refractivity contribution is -0.130. The Morgan fingerprint density at radius 3 is 3.05 bits per heavy atom. The number of amides is 1.